The van der Waals surface area contributed by atoms with Crippen LogP contribution in [0.1, 0.15) is 17.3 Å². The molecule has 0 aliphatic carbocycles. The zero-order valence-corrected chi connectivity index (χ0v) is 18.4. The second-order valence-electron chi connectivity index (χ2n) is 7.25. The van der Waals surface area contributed by atoms with Crippen LogP contribution < -0.4 is 20.7 Å². The first-order chi connectivity index (χ1) is 15.9. The highest BCUT2D eigenvalue weighted by molar-refractivity contribution is 8.00. The number of rotatable bonds is 6. The van der Waals surface area contributed by atoms with Crippen LogP contribution in [-0.2, 0) is 9.59 Å². The van der Waals surface area contributed by atoms with E-state index in [1.54, 1.807) is 49.4 Å². The lowest BCUT2D eigenvalue weighted by molar-refractivity contribution is -0.122. The minimum Gasteiger partial charge on any atom is -0.479 e. The third-order valence-electron chi connectivity index (χ3n) is 4.79. The van der Waals surface area contributed by atoms with Gasteiger partial charge in [-0.05, 0) is 61.5 Å². The van der Waals surface area contributed by atoms with Crippen LogP contribution in [0.4, 0.5) is 21.5 Å². The van der Waals surface area contributed by atoms with Crippen molar-refractivity contribution in [3.05, 3.63) is 78.1 Å². The van der Waals surface area contributed by atoms with Crippen molar-refractivity contribution < 1.29 is 23.5 Å². The molecule has 1 heterocycles. The van der Waals surface area contributed by atoms with Crippen molar-refractivity contribution in [2.24, 2.45) is 0 Å². The third-order valence-corrected chi connectivity index (χ3v) is 5.86. The van der Waals surface area contributed by atoms with Gasteiger partial charge in [-0.1, -0.05) is 12.1 Å². The molecule has 7 nitrogen and oxygen atoms in total. The van der Waals surface area contributed by atoms with E-state index in [1.165, 1.54) is 36.0 Å². The van der Waals surface area contributed by atoms with Crippen molar-refractivity contribution in [3.63, 3.8) is 0 Å². The molecule has 168 valence electrons. The van der Waals surface area contributed by atoms with Crippen LogP contribution in [0.25, 0.3) is 0 Å². The minimum absolute atomic E-state index is 0.0715. The van der Waals surface area contributed by atoms with Crippen molar-refractivity contribution >= 4 is 46.5 Å². The summed E-state index contributed by atoms with van der Waals surface area (Å²) < 4.78 is 18.5. The summed E-state index contributed by atoms with van der Waals surface area (Å²) in [6.45, 7) is 1.66. The topological polar surface area (TPSA) is 96.5 Å². The second kappa shape index (κ2) is 9.74. The Bertz CT molecular complexity index is 1220. The first kappa shape index (κ1) is 22.3. The average Bonchev–Trinajstić information content (AvgIpc) is 2.80. The lowest BCUT2D eigenvalue weighted by Gasteiger charge is -2.23. The first-order valence-electron chi connectivity index (χ1n) is 10.1. The van der Waals surface area contributed by atoms with E-state index in [2.05, 4.69) is 16.0 Å². The van der Waals surface area contributed by atoms with Crippen molar-refractivity contribution in [1.29, 1.82) is 0 Å². The normalized spacial score (nSPS) is 14.5. The number of halogens is 1. The van der Waals surface area contributed by atoms with Gasteiger partial charge in [-0.3, -0.25) is 14.4 Å². The fraction of sp³-hybridized carbons (Fsp3) is 0.125. The van der Waals surface area contributed by atoms with Gasteiger partial charge in [0.25, 0.3) is 11.8 Å². The molecule has 0 fully saturated rings. The molecule has 33 heavy (non-hydrogen) atoms. The molecule has 0 unspecified atom stereocenters. The molecular weight excluding hydrogens is 445 g/mol. The van der Waals surface area contributed by atoms with Crippen LogP contribution in [0.15, 0.2) is 71.6 Å². The molecule has 4 rings (SSSR count). The number of amides is 3. The molecule has 1 atom stereocenters. The van der Waals surface area contributed by atoms with Crippen LogP contribution in [0.5, 0.6) is 5.75 Å². The number of fused-ring (bicyclic) bond motifs is 1. The molecule has 0 spiro atoms. The van der Waals surface area contributed by atoms with Crippen molar-refractivity contribution in [3.8, 4) is 5.75 Å². The number of ether oxygens (including phenoxy) is 1. The second-order valence-corrected chi connectivity index (χ2v) is 8.27. The maximum absolute atomic E-state index is 13.0. The van der Waals surface area contributed by atoms with Gasteiger partial charge in [0.1, 0.15) is 11.6 Å². The summed E-state index contributed by atoms with van der Waals surface area (Å²) in [7, 11) is 0. The van der Waals surface area contributed by atoms with Gasteiger partial charge in [0.15, 0.2) is 6.10 Å². The Labute approximate surface area is 193 Å². The molecule has 9 heteroatoms. The highest BCUT2D eigenvalue weighted by Crippen LogP contribution is 2.32. The Balaban J connectivity index is 1.41. The molecular formula is C24H20FN3O4S. The first-order valence-corrected chi connectivity index (χ1v) is 11.1. The van der Waals surface area contributed by atoms with Crippen LogP contribution in [0.3, 0.4) is 0 Å². The van der Waals surface area contributed by atoms with E-state index in [0.29, 0.717) is 33.3 Å². The summed E-state index contributed by atoms with van der Waals surface area (Å²) in [5.41, 5.74) is 1.87. The van der Waals surface area contributed by atoms with Crippen LogP contribution in [-0.4, -0.2) is 29.6 Å². The molecule has 0 saturated carbocycles. The molecule has 1 aliphatic heterocycles. The number of benzene rings is 3. The van der Waals surface area contributed by atoms with Gasteiger partial charge in [0.2, 0.25) is 5.91 Å². The van der Waals surface area contributed by atoms with Gasteiger partial charge in [0.05, 0.1) is 17.0 Å². The summed E-state index contributed by atoms with van der Waals surface area (Å²) >= 11 is 1.22. The van der Waals surface area contributed by atoms with E-state index < -0.39 is 6.10 Å². The van der Waals surface area contributed by atoms with Gasteiger partial charge in [-0.25, -0.2) is 4.39 Å². The van der Waals surface area contributed by atoms with Gasteiger partial charge in [-0.2, -0.15) is 0 Å². The lowest BCUT2D eigenvalue weighted by atomic mass is 10.2. The molecule has 1 aliphatic rings. The highest BCUT2D eigenvalue weighted by atomic mass is 32.2. The maximum Gasteiger partial charge on any atom is 0.265 e. The number of carbonyl (C=O) groups is 3. The molecule has 3 amide bonds. The van der Waals surface area contributed by atoms with E-state index >= 15 is 0 Å². The van der Waals surface area contributed by atoms with Crippen molar-refractivity contribution in [2.45, 2.75) is 17.9 Å². The number of nitrogens with one attached hydrogen (secondary N) is 3. The predicted molar refractivity (Wildman–Crippen MR) is 125 cm³/mol. The number of carbonyl (C=O) groups excluding carboxylic acids is 3. The number of thioether (sulfide) groups is 1. The molecule has 3 aromatic carbocycles. The Kier molecular flexibility index (Phi) is 6.60. The highest BCUT2D eigenvalue weighted by Gasteiger charge is 2.24. The SMILES string of the molecule is C[C@H]1Oc2ccc(NC(=O)c3ccccc3SCC(=O)Nc3ccc(F)cc3)cc2NC1=O. The molecule has 3 N–H and O–H groups in total. The zero-order valence-electron chi connectivity index (χ0n) is 17.6. The number of hydrogen-bond donors (Lipinski definition) is 3. The number of hydrogen-bond acceptors (Lipinski definition) is 5. The Morgan fingerprint density at radius 3 is 2.55 bits per heavy atom. The fourth-order valence-corrected chi connectivity index (χ4v) is 3.99. The van der Waals surface area contributed by atoms with Crippen LogP contribution in [0.2, 0.25) is 0 Å². The van der Waals surface area contributed by atoms with Crippen LogP contribution >= 0.6 is 11.8 Å². The predicted octanol–water partition coefficient (Wildman–Crippen LogP) is 4.53. The molecule has 0 bridgehead atoms. The zero-order chi connectivity index (χ0) is 23.4. The van der Waals surface area contributed by atoms with Crippen molar-refractivity contribution in [2.75, 3.05) is 21.7 Å². The summed E-state index contributed by atoms with van der Waals surface area (Å²) in [6.07, 6.45) is -0.581. The van der Waals surface area contributed by atoms with E-state index in [-0.39, 0.29) is 29.3 Å². The summed E-state index contributed by atoms with van der Waals surface area (Å²) in [6, 6.07) is 17.4. The standard InChI is InChI=1S/C24H20FN3O4S/c1-14-23(30)28-19-12-17(10-11-20(19)32-14)27-24(31)18-4-2-3-5-21(18)33-13-22(29)26-16-8-6-15(25)7-9-16/h2-12,14H,13H2,1H3,(H,26,29)(H,27,31)(H,28,30)/t14-/m1/s1. The third kappa shape index (κ3) is 5.50. The number of anilines is 3. The Morgan fingerprint density at radius 2 is 1.76 bits per heavy atom. The Morgan fingerprint density at radius 1 is 1.03 bits per heavy atom. The van der Waals surface area contributed by atoms with E-state index in [9.17, 15) is 18.8 Å². The van der Waals surface area contributed by atoms with Gasteiger partial charge >= 0.3 is 0 Å². The summed E-state index contributed by atoms with van der Waals surface area (Å²) in [5, 5.41) is 8.25. The quantitative estimate of drug-likeness (QED) is 0.465. The molecule has 0 radical (unpaired) electrons. The van der Waals surface area contributed by atoms with Gasteiger partial charge < -0.3 is 20.7 Å². The lowest BCUT2D eigenvalue weighted by Crippen LogP contribution is -2.34. The summed E-state index contributed by atoms with van der Waals surface area (Å²) in [5.74, 6) is -0.669. The minimum atomic E-state index is -0.581. The van der Waals surface area contributed by atoms with Crippen LogP contribution in [0, 0.1) is 5.82 Å². The fourth-order valence-electron chi connectivity index (χ4n) is 3.14. The van der Waals surface area contributed by atoms with Gasteiger partial charge in [-0.15, -0.1) is 11.8 Å². The smallest absolute Gasteiger partial charge is 0.265 e. The maximum atomic E-state index is 13.0. The van der Waals surface area contributed by atoms with Gasteiger partial charge in [0, 0.05) is 16.3 Å². The largest absolute Gasteiger partial charge is 0.479 e. The molecule has 0 saturated heterocycles. The molecule has 0 aromatic heterocycles. The molecule has 3 aromatic rings. The van der Waals surface area contributed by atoms with E-state index in [1.807, 2.05) is 0 Å². The van der Waals surface area contributed by atoms with Crippen molar-refractivity contribution in [1.82, 2.24) is 0 Å². The van der Waals surface area contributed by atoms with E-state index in [0.717, 1.165) is 0 Å². The van der Waals surface area contributed by atoms with E-state index in [4.69, 9.17) is 4.74 Å². The Hall–Kier alpha value is -3.85. The average molecular weight is 466 g/mol. The summed E-state index contributed by atoms with van der Waals surface area (Å²) in [4.78, 5) is 37.6. The monoisotopic (exact) mass is 465 g/mol.